The van der Waals surface area contributed by atoms with Crippen LogP contribution in [0.15, 0.2) is 18.2 Å². The summed E-state index contributed by atoms with van der Waals surface area (Å²) < 4.78 is 16.9. The molecule has 0 radical (unpaired) electrons. The van der Waals surface area contributed by atoms with Crippen LogP contribution >= 0.6 is 0 Å². The Morgan fingerprint density at radius 3 is 2.81 bits per heavy atom. The SMILES string of the molecule is COc1ccc(CN2C[C@@H]3CC(=O)N[C@@H]3C2)cc1OCCN1CCOCC1. The van der Waals surface area contributed by atoms with E-state index in [1.807, 2.05) is 6.07 Å². The molecule has 1 amide bonds. The normalized spacial score (nSPS) is 26.0. The van der Waals surface area contributed by atoms with Crippen molar-refractivity contribution >= 4 is 5.91 Å². The molecule has 27 heavy (non-hydrogen) atoms. The standard InChI is InChI=1S/C20H29N3O4/c1-25-18-3-2-15(12-23-13-16-11-20(24)21-17(16)14-23)10-19(18)27-9-6-22-4-7-26-8-5-22/h2-3,10,16-17H,4-9,11-14H2,1H3,(H,21,24)/t16-,17+/m0/s1. The number of nitrogens with one attached hydrogen (secondary N) is 1. The fraction of sp³-hybridized carbons (Fsp3) is 0.650. The van der Waals surface area contributed by atoms with Gasteiger partial charge < -0.3 is 19.5 Å². The van der Waals surface area contributed by atoms with Gasteiger partial charge in [0.25, 0.3) is 0 Å². The highest BCUT2D eigenvalue weighted by Crippen LogP contribution is 2.31. The Morgan fingerprint density at radius 1 is 1.19 bits per heavy atom. The molecule has 0 unspecified atom stereocenters. The topological polar surface area (TPSA) is 63.3 Å². The third-order valence-corrected chi connectivity index (χ3v) is 5.71. The van der Waals surface area contributed by atoms with E-state index < -0.39 is 0 Å². The highest BCUT2D eigenvalue weighted by atomic mass is 16.5. The van der Waals surface area contributed by atoms with Crippen LogP contribution in [0.3, 0.4) is 0 Å². The van der Waals surface area contributed by atoms with Crippen molar-refractivity contribution in [3.63, 3.8) is 0 Å². The quantitative estimate of drug-likeness (QED) is 0.758. The molecular formula is C20H29N3O4. The maximum Gasteiger partial charge on any atom is 0.220 e. The van der Waals surface area contributed by atoms with Crippen LogP contribution < -0.4 is 14.8 Å². The van der Waals surface area contributed by atoms with Gasteiger partial charge in [0.2, 0.25) is 5.91 Å². The maximum atomic E-state index is 11.5. The number of carbonyl (C=O) groups excluding carboxylic acids is 1. The number of methoxy groups -OCH3 is 1. The zero-order valence-electron chi connectivity index (χ0n) is 16.0. The molecule has 3 aliphatic heterocycles. The average Bonchev–Trinajstić information content (AvgIpc) is 3.19. The lowest BCUT2D eigenvalue weighted by Gasteiger charge is -2.26. The van der Waals surface area contributed by atoms with E-state index in [0.717, 1.165) is 64.0 Å². The number of rotatable bonds is 7. The molecule has 0 saturated carbocycles. The first-order valence-corrected chi connectivity index (χ1v) is 9.83. The summed E-state index contributed by atoms with van der Waals surface area (Å²) in [6.07, 6.45) is 0.666. The number of likely N-dealkylation sites (tertiary alicyclic amines) is 1. The molecule has 7 heteroatoms. The van der Waals surface area contributed by atoms with E-state index >= 15 is 0 Å². The van der Waals surface area contributed by atoms with Gasteiger partial charge in [-0.1, -0.05) is 6.07 Å². The van der Waals surface area contributed by atoms with Crippen LogP contribution in [0.25, 0.3) is 0 Å². The van der Waals surface area contributed by atoms with Gasteiger partial charge in [0.15, 0.2) is 11.5 Å². The molecule has 1 N–H and O–H groups in total. The Hall–Kier alpha value is -1.83. The van der Waals surface area contributed by atoms with Crippen LogP contribution in [-0.2, 0) is 16.1 Å². The Labute approximate surface area is 160 Å². The van der Waals surface area contributed by atoms with Crippen LogP contribution in [0, 0.1) is 5.92 Å². The van der Waals surface area contributed by atoms with Gasteiger partial charge in [-0.25, -0.2) is 0 Å². The monoisotopic (exact) mass is 375 g/mol. The molecular weight excluding hydrogens is 346 g/mol. The second-order valence-corrected chi connectivity index (χ2v) is 7.62. The Bertz CT molecular complexity index is 647. The van der Waals surface area contributed by atoms with Crippen molar-refractivity contribution in [3.8, 4) is 11.5 Å². The number of hydrogen-bond donors (Lipinski definition) is 1. The summed E-state index contributed by atoms with van der Waals surface area (Å²) in [5.74, 6) is 2.23. The average molecular weight is 375 g/mol. The first-order valence-electron chi connectivity index (χ1n) is 9.83. The third kappa shape index (κ3) is 4.54. The molecule has 3 aliphatic rings. The van der Waals surface area contributed by atoms with Crippen LogP contribution in [-0.4, -0.2) is 81.4 Å². The summed E-state index contributed by atoms with van der Waals surface area (Å²) in [5.41, 5.74) is 1.21. The third-order valence-electron chi connectivity index (χ3n) is 5.71. The molecule has 4 rings (SSSR count). The molecule has 1 aromatic rings. The van der Waals surface area contributed by atoms with Gasteiger partial charge in [-0.05, 0) is 17.7 Å². The number of amides is 1. The molecule has 2 atom stereocenters. The van der Waals surface area contributed by atoms with Crippen molar-refractivity contribution in [3.05, 3.63) is 23.8 Å². The lowest BCUT2D eigenvalue weighted by Crippen LogP contribution is -2.38. The summed E-state index contributed by atoms with van der Waals surface area (Å²) in [7, 11) is 1.67. The first-order chi connectivity index (χ1) is 13.2. The number of morpholine rings is 1. The van der Waals surface area contributed by atoms with Gasteiger partial charge in [-0.3, -0.25) is 14.6 Å². The fourth-order valence-corrected chi connectivity index (χ4v) is 4.26. The van der Waals surface area contributed by atoms with E-state index in [1.165, 1.54) is 5.56 Å². The van der Waals surface area contributed by atoms with E-state index in [9.17, 15) is 4.79 Å². The highest BCUT2D eigenvalue weighted by Gasteiger charge is 2.39. The number of carbonyl (C=O) groups is 1. The van der Waals surface area contributed by atoms with Gasteiger partial charge in [0.1, 0.15) is 6.61 Å². The lowest BCUT2D eigenvalue weighted by atomic mass is 10.1. The molecule has 0 spiro atoms. The van der Waals surface area contributed by atoms with Gasteiger partial charge in [0, 0.05) is 57.6 Å². The van der Waals surface area contributed by atoms with Crippen molar-refractivity contribution in [2.24, 2.45) is 5.92 Å². The zero-order valence-corrected chi connectivity index (χ0v) is 16.0. The summed E-state index contributed by atoms with van der Waals surface area (Å²) in [6.45, 7) is 7.84. The van der Waals surface area contributed by atoms with E-state index in [-0.39, 0.29) is 5.91 Å². The van der Waals surface area contributed by atoms with Crippen LogP contribution in [0.4, 0.5) is 0 Å². The van der Waals surface area contributed by atoms with E-state index in [0.29, 0.717) is 25.0 Å². The molecule has 148 valence electrons. The summed E-state index contributed by atoms with van der Waals surface area (Å²) in [6, 6.07) is 6.49. The van der Waals surface area contributed by atoms with E-state index in [1.54, 1.807) is 7.11 Å². The minimum Gasteiger partial charge on any atom is -0.493 e. The number of nitrogens with zero attached hydrogens (tertiary/aromatic N) is 2. The highest BCUT2D eigenvalue weighted by molar-refractivity contribution is 5.79. The second-order valence-electron chi connectivity index (χ2n) is 7.62. The minimum absolute atomic E-state index is 0.199. The van der Waals surface area contributed by atoms with Gasteiger partial charge in [0.05, 0.1) is 20.3 Å². The fourth-order valence-electron chi connectivity index (χ4n) is 4.26. The van der Waals surface area contributed by atoms with Crippen LogP contribution in [0.5, 0.6) is 11.5 Å². The summed E-state index contributed by atoms with van der Waals surface area (Å²) in [4.78, 5) is 16.3. The van der Waals surface area contributed by atoms with Crippen molar-refractivity contribution in [2.45, 2.75) is 19.0 Å². The molecule has 0 aliphatic carbocycles. The Morgan fingerprint density at radius 2 is 2.04 bits per heavy atom. The molecule has 0 bridgehead atoms. The molecule has 7 nitrogen and oxygen atoms in total. The first kappa shape index (κ1) is 18.5. The lowest BCUT2D eigenvalue weighted by molar-refractivity contribution is -0.119. The predicted molar refractivity (Wildman–Crippen MR) is 101 cm³/mol. The zero-order chi connectivity index (χ0) is 18.6. The van der Waals surface area contributed by atoms with Gasteiger partial charge in [-0.15, -0.1) is 0 Å². The van der Waals surface area contributed by atoms with Gasteiger partial charge >= 0.3 is 0 Å². The van der Waals surface area contributed by atoms with Crippen molar-refractivity contribution < 1.29 is 19.0 Å². The smallest absolute Gasteiger partial charge is 0.220 e. The van der Waals surface area contributed by atoms with Crippen LogP contribution in [0.2, 0.25) is 0 Å². The van der Waals surface area contributed by atoms with Gasteiger partial charge in [-0.2, -0.15) is 0 Å². The van der Waals surface area contributed by atoms with E-state index in [2.05, 4.69) is 27.2 Å². The molecule has 3 fully saturated rings. The number of hydrogen-bond acceptors (Lipinski definition) is 6. The molecule has 1 aromatic carbocycles. The largest absolute Gasteiger partial charge is 0.493 e. The van der Waals surface area contributed by atoms with Crippen molar-refractivity contribution in [1.82, 2.24) is 15.1 Å². The Balaban J connectivity index is 1.32. The number of ether oxygens (including phenoxy) is 3. The molecule has 3 heterocycles. The summed E-state index contributed by atoms with van der Waals surface area (Å²) in [5, 5.41) is 3.08. The van der Waals surface area contributed by atoms with Crippen molar-refractivity contribution in [1.29, 1.82) is 0 Å². The Kier molecular flexibility index (Phi) is 5.80. The predicted octanol–water partition coefficient (Wildman–Crippen LogP) is 0.727. The molecule has 0 aromatic heterocycles. The minimum atomic E-state index is 0.199. The number of benzene rings is 1. The maximum absolute atomic E-state index is 11.5. The summed E-state index contributed by atoms with van der Waals surface area (Å²) >= 11 is 0. The van der Waals surface area contributed by atoms with Crippen LogP contribution in [0.1, 0.15) is 12.0 Å². The number of fused-ring (bicyclic) bond motifs is 1. The molecule has 3 saturated heterocycles. The van der Waals surface area contributed by atoms with E-state index in [4.69, 9.17) is 14.2 Å². The van der Waals surface area contributed by atoms with Crippen molar-refractivity contribution in [2.75, 3.05) is 59.7 Å². The second kappa shape index (κ2) is 8.46.